The summed E-state index contributed by atoms with van der Waals surface area (Å²) >= 11 is 0. The lowest BCUT2D eigenvalue weighted by Crippen LogP contribution is -2.66. The molecule has 7 nitrogen and oxygen atoms in total. The maximum Gasteiger partial charge on any atom is 0.316 e. The molecule has 0 aliphatic rings. The highest BCUT2D eigenvalue weighted by atomic mass is 32.2. The van der Waals surface area contributed by atoms with E-state index in [4.69, 9.17) is 13.9 Å². The van der Waals surface area contributed by atoms with Crippen LogP contribution < -0.4 is 10.4 Å². The lowest BCUT2D eigenvalue weighted by atomic mass is 9.75. The van der Waals surface area contributed by atoms with Crippen molar-refractivity contribution in [2.75, 3.05) is 24.7 Å². The van der Waals surface area contributed by atoms with Gasteiger partial charge in [-0.2, -0.15) is 0 Å². The Morgan fingerprint density at radius 3 is 1.80 bits per heavy atom. The Bertz CT molecular complexity index is 1870. The van der Waals surface area contributed by atoms with Crippen LogP contribution in [-0.2, 0) is 51.8 Å². The van der Waals surface area contributed by atoms with Crippen LogP contribution in [0.2, 0.25) is 5.04 Å². The van der Waals surface area contributed by atoms with Gasteiger partial charge < -0.3 is 13.9 Å². The van der Waals surface area contributed by atoms with Crippen LogP contribution in [0.15, 0.2) is 115 Å². The first-order valence-corrected chi connectivity index (χ1v) is 22.7. The Hall–Kier alpha value is -4.05. The summed E-state index contributed by atoms with van der Waals surface area (Å²) in [7, 11) is -6.38. The van der Waals surface area contributed by atoms with E-state index in [9.17, 15) is 18.0 Å². The van der Waals surface area contributed by atoms with Crippen LogP contribution in [0.5, 0.6) is 0 Å². The first kappa shape index (κ1) is 42.7. The van der Waals surface area contributed by atoms with Gasteiger partial charge >= 0.3 is 11.9 Å². The van der Waals surface area contributed by atoms with E-state index in [1.165, 1.54) is 0 Å². The third-order valence-electron chi connectivity index (χ3n) is 10.2. The maximum atomic E-state index is 13.9. The smallest absolute Gasteiger partial charge is 0.316 e. The highest BCUT2D eigenvalue weighted by Crippen LogP contribution is 2.38. The summed E-state index contributed by atoms with van der Waals surface area (Å²) in [6.07, 6.45) is 1.69. The topological polar surface area (TPSA) is 96.0 Å². The summed E-state index contributed by atoms with van der Waals surface area (Å²) < 4.78 is 45.5. The van der Waals surface area contributed by atoms with Crippen molar-refractivity contribution < 1.29 is 31.9 Å². The third kappa shape index (κ3) is 11.2. The molecule has 54 heavy (non-hydrogen) atoms. The molecule has 9 heteroatoms. The summed E-state index contributed by atoms with van der Waals surface area (Å²) in [5, 5.41) is 1.96. The fraction of sp³-hybridized carbons (Fsp3) is 0.422. The van der Waals surface area contributed by atoms with Crippen molar-refractivity contribution in [3.05, 3.63) is 132 Å². The summed E-state index contributed by atoms with van der Waals surface area (Å²) in [5.41, 5.74) is 0.789. The molecule has 0 spiro atoms. The minimum atomic E-state index is -3.51. The van der Waals surface area contributed by atoms with E-state index in [0.29, 0.717) is 25.9 Å². The van der Waals surface area contributed by atoms with Crippen molar-refractivity contribution in [1.82, 2.24) is 0 Å². The lowest BCUT2D eigenvalue weighted by molar-refractivity contribution is -0.152. The first-order valence-electron chi connectivity index (χ1n) is 18.9. The number of rotatable bonds is 19. The molecule has 4 aromatic carbocycles. The Labute approximate surface area is 324 Å². The van der Waals surface area contributed by atoms with Gasteiger partial charge in [0.05, 0.1) is 29.9 Å². The predicted molar refractivity (Wildman–Crippen MR) is 220 cm³/mol. The molecule has 0 bridgehead atoms. The minimum absolute atomic E-state index is 0.00565. The second-order valence-corrected chi connectivity index (χ2v) is 22.7. The van der Waals surface area contributed by atoms with E-state index in [-0.39, 0.29) is 48.1 Å². The average molecular weight is 771 g/mol. The molecular formula is C45H58O7SSi. The molecule has 0 heterocycles. The maximum absolute atomic E-state index is 13.9. The number of ether oxygens (including phenoxy) is 2. The number of hydrogen-bond donors (Lipinski definition) is 0. The molecule has 4 aromatic rings. The molecule has 0 saturated carbocycles. The van der Waals surface area contributed by atoms with Crippen molar-refractivity contribution >= 4 is 40.5 Å². The Balaban J connectivity index is 1.47. The van der Waals surface area contributed by atoms with Gasteiger partial charge in [-0.15, -0.1) is 0 Å². The van der Waals surface area contributed by atoms with Crippen LogP contribution in [0.1, 0.15) is 84.4 Å². The highest BCUT2D eigenvalue weighted by Gasteiger charge is 2.50. The zero-order chi connectivity index (χ0) is 39.5. The normalized spacial score (nSPS) is 13.5. The van der Waals surface area contributed by atoms with Crippen molar-refractivity contribution in [2.45, 2.75) is 91.2 Å². The number of sulfone groups is 1. The van der Waals surface area contributed by atoms with Crippen molar-refractivity contribution in [1.29, 1.82) is 0 Å². The Morgan fingerprint density at radius 2 is 1.24 bits per heavy atom. The number of hydrogen-bond acceptors (Lipinski definition) is 7. The quantitative estimate of drug-likeness (QED) is 0.0705. The van der Waals surface area contributed by atoms with Gasteiger partial charge in [0.2, 0.25) is 0 Å². The minimum Gasteiger partial charge on any atom is -0.466 e. The molecule has 0 saturated heterocycles. The van der Waals surface area contributed by atoms with Crippen molar-refractivity contribution in [3.8, 4) is 0 Å². The predicted octanol–water partition coefficient (Wildman–Crippen LogP) is 7.98. The van der Waals surface area contributed by atoms with Gasteiger partial charge in [0, 0.05) is 6.61 Å². The molecule has 1 atom stereocenters. The second kappa shape index (κ2) is 18.5. The van der Waals surface area contributed by atoms with E-state index < -0.39 is 29.0 Å². The zero-order valence-corrected chi connectivity index (χ0v) is 34.9. The number of carbonyl (C=O) groups excluding carboxylic acids is 2. The van der Waals surface area contributed by atoms with Crippen LogP contribution in [0, 0.1) is 5.41 Å². The van der Waals surface area contributed by atoms with Crippen LogP contribution >= 0.6 is 0 Å². The monoisotopic (exact) mass is 770 g/mol. The van der Waals surface area contributed by atoms with Crippen LogP contribution in [0.3, 0.4) is 0 Å². The number of benzene rings is 4. The van der Waals surface area contributed by atoms with E-state index in [0.717, 1.165) is 27.1 Å². The Kier molecular flexibility index (Phi) is 14.6. The highest BCUT2D eigenvalue weighted by molar-refractivity contribution is 7.91. The molecule has 0 aliphatic carbocycles. The van der Waals surface area contributed by atoms with Gasteiger partial charge in [0.1, 0.15) is 6.61 Å². The van der Waals surface area contributed by atoms with E-state index in [2.05, 4.69) is 45.0 Å². The van der Waals surface area contributed by atoms with Gasteiger partial charge in [0.25, 0.3) is 8.32 Å². The summed E-state index contributed by atoms with van der Waals surface area (Å²) in [5.74, 6) is -0.792. The summed E-state index contributed by atoms with van der Waals surface area (Å²) in [4.78, 5) is 26.2. The molecule has 0 aromatic heterocycles. The van der Waals surface area contributed by atoms with Crippen molar-refractivity contribution in [3.63, 3.8) is 0 Å². The molecule has 4 rings (SSSR count). The third-order valence-corrected chi connectivity index (χ3v) is 17.2. The summed E-state index contributed by atoms with van der Waals surface area (Å²) in [6.45, 7) is 14.6. The fourth-order valence-electron chi connectivity index (χ4n) is 7.39. The molecule has 290 valence electrons. The molecular weight excluding hydrogens is 713 g/mol. The van der Waals surface area contributed by atoms with Gasteiger partial charge in [-0.25, -0.2) is 8.42 Å². The zero-order valence-electron chi connectivity index (χ0n) is 33.1. The first-order chi connectivity index (χ1) is 25.5. The van der Waals surface area contributed by atoms with Gasteiger partial charge in [-0.05, 0) is 64.2 Å². The molecule has 0 unspecified atom stereocenters. The average Bonchev–Trinajstić information content (AvgIpc) is 3.12. The van der Waals surface area contributed by atoms with Crippen LogP contribution in [0.4, 0.5) is 0 Å². The molecule has 0 fully saturated rings. The van der Waals surface area contributed by atoms with Gasteiger partial charge in [0.15, 0.2) is 9.84 Å². The SMILES string of the molecule is CCOC(=O)Cc1cccc([C@@](C)(CCCC(C)(C)CS(=O)(=O)CCO[Si](c2ccccc2)(c2ccccc2)C(C)(C)C)C(=O)OCc2ccccc2)c1. The van der Waals surface area contributed by atoms with Crippen LogP contribution in [-0.4, -0.2) is 53.4 Å². The number of esters is 2. The van der Waals surface area contributed by atoms with E-state index >= 15 is 0 Å². The van der Waals surface area contributed by atoms with Gasteiger partial charge in [-0.3, -0.25) is 9.59 Å². The molecule has 0 radical (unpaired) electrons. The largest absolute Gasteiger partial charge is 0.466 e. The number of carbonyl (C=O) groups is 2. The standard InChI is InChI=1S/C45H58O7SSi/c1-8-50-41(46)33-37-22-18-23-38(32-37)45(7,42(47)51-34-36-20-12-9-13-21-36)29-19-28-44(5,6)35-53(48,49)31-30-52-54(43(2,3)4,39-24-14-10-15-25-39)40-26-16-11-17-27-40/h9-18,20-27,32H,8,19,28-31,33-35H2,1-7H3/t45-/m1/s1. The Morgan fingerprint density at radius 1 is 0.685 bits per heavy atom. The van der Waals surface area contributed by atoms with Crippen LogP contribution in [0.25, 0.3) is 0 Å². The van der Waals surface area contributed by atoms with E-state index in [1.807, 2.05) is 112 Å². The summed E-state index contributed by atoms with van der Waals surface area (Å²) in [6, 6.07) is 37.4. The van der Waals surface area contributed by atoms with Crippen molar-refractivity contribution in [2.24, 2.45) is 5.41 Å². The molecule has 0 aliphatic heterocycles. The lowest BCUT2D eigenvalue weighted by Gasteiger charge is -2.43. The fourth-order valence-corrected chi connectivity index (χ4v) is 13.9. The molecule has 0 N–H and O–H groups in total. The second-order valence-electron chi connectivity index (χ2n) is 16.2. The van der Waals surface area contributed by atoms with Gasteiger partial charge in [-0.1, -0.05) is 156 Å². The van der Waals surface area contributed by atoms with E-state index in [1.54, 1.807) is 6.92 Å². The molecule has 0 amide bonds.